The average Bonchev–Trinajstić information content (AvgIpc) is 2.11. The summed E-state index contributed by atoms with van der Waals surface area (Å²) in [6, 6.07) is 1.69. The van der Waals surface area contributed by atoms with Gasteiger partial charge in [-0.1, -0.05) is 11.6 Å². The van der Waals surface area contributed by atoms with E-state index in [1.54, 1.807) is 0 Å². The van der Waals surface area contributed by atoms with E-state index in [2.05, 4.69) is 0 Å². The molecule has 1 aromatic carbocycles. The first-order valence-electron chi connectivity index (χ1n) is 4.31. The highest BCUT2D eigenvalue weighted by Gasteiger charge is 2.31. The van der Waals surface area contributed by atoms with Gasteiger partial charge in [0, 0.05) is 5.02 Å². The molecule has 0 atom stereocenters. The van der Waals surface area contributed by atoms with Gasteiger partial charge in [0.05, 0.1) is 0 Å². The second-order valence-corrected chi connectivity index (χ2v) is 4.05. The number of aliphatic carboxylic acids is 1. The molecule has 1 rings (SSSR count). The smallest absolute Gasteiger partial charge is 0.347 e. The Morgan fingerprint density at radius 3 is 2.19 bits per heavy atom. The Morgan fingerprint density at radius 2 is 1.81 bits per heavy atom. The normalized spacial score (nSPS) is 11.3. The van der Waals surface area contributed by atoms with Crippen LogP contribution in [0, 0.1) is 11.6 Å². The molecule has 0 heterocycles. The monoisotopic (exact) mass is 250 g/mol. The summed E-state index contributed by atoms with van der Waals surface area (Å²) in [4.78, 5) is 10.7. The van der Waals surface area contributed by atoms with Crippen LogP contribution in [-0.2, 0) is 4.79 Å². The molecule has 0 spiro atoms. The molecule has 0 unspecified atom stereocenters. The Bertz CT molecular complexity index is 409. The van der Waals surface area contributed by atoms with Gasteiger partial charge in [0.25, 0.3) is 0 Å². The van der Waals surface area contributed by atoms with Gasteiger partial charge in [0.15, 0.2) is 23.0 Å². The minimum Gasteiger partial charge on any atom is -0.478 e. The zero-order chi connectivity index (χ0) is 12.5. The van der Waals surface area contributed by atoms with E-state index in [9.17, 15) is 13.6 Å². The van der Waals surface area contributed by atoms with Gasteiger partial charge in [-0.3, -0.25) is 0 Å². The van der Waals surface area contributed by atoms with E-state index in [1.807, 2.05) is 0 Å². The molecule has 6 heteroatoms. The number of rotatable bonds is 3. The third-order valence-corrected chi connectivity index (χ3v) is 2.05. The molecule has 1 N–H and O–H groups in total. The van der Waals surface area contributed by atoms with Crippen molar-refractivity contribution in [1.29, 1.82) is 0 Å². The second-order valence-electron chi connectivity index (χ2n) is 3.62. The highest BCUT2D eigenvalue weighted by molar-refractivity contribution is 6.30. The number of benzene rings is 1. The molecule has 0 aliphatic carbocycles. The quantitative estimate of drug-likeness (QED) is 0.897. The number of ether oxygens (including phenoxy) is 1. The fourth-order valence-electron chi connectivity index (χ4n) is 0.925. The van der Waals surface area contributed by atoms with Crippen LogP contribution < -0.4 is 4.74 Å². The van der Waals surface area contributed by atoms with Gasteiger partial charge in [-0.2, -0.15) is 0 Å². The summed E-state index contributed by atoms with van der Waals surface area (Å²) in [6.07, 6.45) is 0. The fourth-order valence-corrected chi connectivity index (χ4v) is 1.12. The van der Waals surface area contributed by atoms with Crippen LogP contribution >= 0.6 is 11.6 Å². The van der Waals surface area contributed by atoms with Crippen molar-refractivity contribution in [1.82, 2.24) is 0 Å². The second kappa shape index (κ2) is 4.25. The van der Waals surface area contributed by atoms with Crippen LogP contribution in [0.2, 0.25) is 5.02 Å². The molecule has 0 fully saturated rings. The molecule has 3 nitrogen and oxygen atoms in total. The summed E-state index contributed by atoms with van der Waals surface area (Å²) in [7, 11) is 0. The van der Waals surface area contributed by atoms with Crippen molar-refractivity contribution < 1.29 is 23.4 Å². The van der Waals surface area contributed by atoms with Crippen molar-refractivity contribution in [2.45, 2.75) is 19.4 Å². The van der Waals surface area contributed by atoms with Crippen LogP contribution in [0.1, 0.15) is 13.8 Å². The van der Waals surface area contributed by atoms with E-state index in [0.717, 1.165) is 12.1 Å². The molecule has 0 radical (unpaired) electrons. The summed E-state index contributed by atoms with van der Waals surface area (Å²) in [5.41, 5.74) is -1.73. The van der Waals surface area contributed by atoms with Crippen molar-refractivity contribution in [3.05, 3.63) is 28.8 Å². The molecular formula is C10H9ClF2O3. The molecule has 88 valence electrons. The minimum atomic E-state index is -1.73. The maximum Gasteiger partial charge on any atom is 0.347 e. The third kappa shape index (κ3) is 2.61. The highest BCUT2D eigenvalue weighted by atomic mass is 35.5. The lowest BCUT2D eigenvalue weighted by atomic mass is 10.1. The fraction of sp³-hybridized carbons (Fsp3) is 0.300. The lowest BCUT2D eigenvalue weighted by Gasteiger charge is -2.22. The summed E-state index contributed by atoms with van der Waals surface area (Å²) in [5.74, 6) is -4.17. The molecule has 0 aromatic heterocycles. The number of carboxylic acid groups (broad SMARTS) is 1. The highest BCUT2D eigenvalue weighted by Crippen LogP contribution is 2.28. The molecule has 0 saturated carbocycles. The predicted molar refractivity (Wildman–Crippen MR) is 53.7 cm³/mol. The number of carbonyl (C=O) groups is 1. The first-order valence-corrected chi connectivity index (χ1v) is 4.69. The molecule has 0 saturated heterocycles. The van der Waals surface area contributed by atoms with Crippen molar-refractivity contribution >= 4 is 17.6 Å². The number of hydrogen-bond acceptors (Lipinski definition) is 2. The van der Waals surface area contributed by atoms with Crippen LogP contribution in [0.4, 0.5) is 8.78 Å². The zero-order valence-corrected chi connectivity index (χ0v) is 9.31. The van der Waals surface area contributed by atoms with Gasteiger partial charge in [-0.25, -0.2) is 13.6 Å². The van der Waals surface area contributed by atoms with Crippen molar-refractivity contribution in [3.63, 3.8) is 0 Å². The van der Waals surface area contributed by atoms with Gasteiger partial charge in [0.2, 0.25) is 0 Å². The van der Waals surface area contributed by atoms with E-state index in [4.69, 9.17) is 21.4 Å². The summed E-state index contributed by atoms with van der Waals surface area (Å²) < 4.78 is 31.3. The van der Waals surface area contributed by atoms with Crippen LogP contribution in [0.15, 0.2) is 12.1 Å². The first-order chi connectivity index (χ1) is 7.24. The first kappa shape index (κ1) is 12.7. The van der Waals surface area contributed by atoms with Crippen LogP contribution in [0.25, 0.3) is 0 Å². The summed E-state index contributed by atoms with van der Waals surface area (Å²) >= 11 is 5.40. The maximum atomic E-state index is 13.3. The number of halogens is 3. The molecule has 1 aromatic rings. The molecule has 0 aliphatic rings. The Morgan fingerprint density at radius 1 is 1.38 bits per heavy atom. The Kier molecular flexibility index (Phi) is 3.38. The molecule has 0 aliphatic heterocycles. The van der Waals surface area contributed by atoms with Crippen molar-refractivity contribution in [2.24, 2.45) is 0 Å². The van der Waals surface area contributed by atoms with E-state index >= 15 is 0 Å². The average molecular weight is 251 g/mol. The number of carboxylic acids is 1. The lowest BCUT2D eigenvalue weighted by Crippen LogP contribution is -2.38. The standard InChI is InChI=1S/C10H9ClF2O3/c1-10(2,9(14)15)16-8-6(12)3-5(11)4-7(8)13/h3-4H,1-2H3,(H,14,15). The Balaban J connectivity index is 3.11. The van der Waals surface area contributed by atoms with E-state index in [1.165, 1.54) is 13.8 Å². The van der Waals surface area contributed by atoms with E-state index in [-0.39, 0.29) is 5.02 Å². The van der Waals surface area contributed by atoms with Gasteiger partial charge in [0.1, 0.15) is 0 Å². The summed E-state index contributed by atoms with van der Waals surface area (Å²) in [6.45, 7) is 2.37. The zero-order valence-electron chi connectivity index (χ0n) is 8.55. The lowest BCUT2D eigenvalue weighted by molar-refractivity contribution is -0.152. The SMILES string of the molecule is CC(C)(Oc1c(F)cc(Cl)cc1F)C(=O)O. The summed E-state index contributed by atoms with van der Waals surface area (Å²) in [5, 5.41) is 8.61. The van der Waals surface area contributed by atoms with Crippen molar-refractivity contribution in [3.8, 4) is 5.75 Å². The minimum absolute atomic E-state index is 0.129. The number of hydrogen-bond donors (Lipinski definition) is 1. The Labute approximate surface area is 95.6 Å². The van der Waals surface area contributed by atoms with Crippen LogP contribution in [-0.4, -0.2) is 16.7 Å². The molecular weight excluding hydrogens is 242 g/mol. The molecule has 0 bridgehead atoms. The largest absolute Gasteiger partial charge is 0.478 e. The molecule has 16 heavy (non-hydrogen) atoms. The van der Waals surface area contributed by atoms with Gasteiger partial charge < -0.3 is 9.84 Å². The Hall–Kier alpha value is -1.36. The van der Waals surface area contributed by atoms with E-state index < -0.39 is 29.0 Å². The molecule has 0 amide bonds. The maximum absolute atomic E-state index is 13.3. The third-order valence-electron chi connectivity index (χ3n) is 1.84. The van der Waals surface area contributed by atoms with Crippen LogP contribution in [0.3, 0.4) is 0 Å². The van der Waals surface area contributed by atoms with E-state index in [0.29, 0.717) is 0 Å². The van der Waals surface area contributed by atoms with Gasteiger partial charge >= 0.3 is 5.97 Å². The predicted octanol–water partition coefficient (Wildman–Crippen LogP) is 2.86. The van der Waals surface area contributed by atoms with Crippen molar-refractivity contribution in [2.75, 3.05) is 0 Å². The van der Waals surface area contributed by atoms with Crippen LogP contribution in [0.5, 0.6) is 5.75 Å². The van der Waals surface area contributed by atoms with Gasteiger partial charge in [-0.05, 0) is 26.0 Å². The topological polar surface area (TPSA) is 46.5 Å². The van der Waals surface area contributed by atoms with Gasteiger partial charge in [-0.15, -0.1) is 0 Å².